The molecule has 1 aliphatic heterocycles. The second kappa shape index (κ2) is 9.52. The molecule has 35 heavy (non-hydrogen) atoms. The van der Waals surface area contributed by atoms with E-state index < -0.39 is 11.7 Å². The Balaban J connectivity index is 1.44. The maximum atomic E-state index is 13.8. The van der Waals surface area contributed by atoms with Crippen LogP contribution in [-0.4, -0.2) is 16.8 Å². The average molecular weight is 504 g/mol. The SMILES string of the molecule is Cc1c(F)cccc1C(=O)Nc1ccc(C(=O)N2Cc3ccccc3Sc3ncccc32)c(Cl)c1. The first kappa shape index (κ1) is 23.1. The predicted molar refractivity (Wildman–Crippen MR) is 136 cm³/mol. The van der Waals surface area contributed by atoms with Crippen molar-refractivity contribution in [2.24, 2.45) is 0 Å². The second-order valence-electron chi connectivity index (χ2n) is 7.99. The van der Waals surface area contributed by atoms with Crippen LogP contribution in [0.2, 0.25) is 5.02 Å². The predicted octanol–water partition coefficient (Wildman–Crippen LogP) is 6.75. The van der Waals surface area contributed by atoms with E-state index in [9.17, 15) is 14.0 Å². The van der Waals surface area contributed by atoms with Gasteiger partial charge in [0.25, 0.3) is 11.8 Å². The van der Waals surface area contributed by atoms with Crippen molar-refractivity contribution in [2.75, 3.05) is 10.2 Å². The van der Waals surface area contributed by atoms with Crippen LogP contribution in [0.15, 0.2) is 88.9 Å². The molecule has 0 saturated heterocycles. The Morgan fingerprint density at radius 1 is 1.03 bits per heavy atom. The van der Waals surface area contributed by atoms with Gasteiger partial charge in [-0.25, -0.2) is 9.37 Å². The van der Waals surface area contributed by atoms with Crippen LogP contribution < -0.4 is 10.2 Å². The standard InChI is InChI=1S/C27H19ClFN3O2S/c1-16-19(7-4-8-22(16)29)25(33)31-18-11-12-20(21(28)14-18)27(34)32-15-17-6-2-3-10-24(17)35-26-23(32)9-5-13-30-26/h2-14H,15H2,1H3,(H,31,33). The van der Waals surface area contributed by atoms with Crippen LogP contribution in [0, 0.1) is 12.7 Å². The van der Waals surface area contributed by atoms with Gasteiger partial charge >= 0.3 is 0 Å². The van der Waals surface area contributed by atoms with Crippen molar-refractivity contribution in [3.63, 3.8) is 0 Å². The second-order valence-corrected chi connectivity index (χ2v) is 9.43. The van der Waals surface area contributed by atoms with E-state index in [1.54, 1.807) is 42.3 Å². The highest BCUT2D eigenvalue weighted by Crippen LogP contribution is 2.40. The minimum Gasteiger partial charge on any atom is -0.322 e. The Kier molecular flexibility index (Phi) is 6.28. The van der Waals surface area contributed by atoms with E-state index in [2.05, 4.69) is 10.3 Å². The smallest absolute Gasteiger partial charge is 0.260 e. The number of pyridine rings is 1. The van der Waals surface area contributed by atoms with Gasteiger partial charge in [0, 0.05) is 22.3 Å². The first-order chi connectivity index (χ1) is 16.9. The Morgan fingerprint density at radius 3 is 2.69 bits per heavy atom. The van der Waals surface area contributed by atoms with Gasteiger partial charge < -0.3 is 10.2 Å². The molecule has 0 aliphatic carbocycles. The summed E-state index contributed by atoms with van der Waals surface area (Å²) in [7, 11) is 0. The maximum absolute atomic E-state index is 13.8. The van der Waals surface area contributed by atoms with Crippen LogP contribution in [0.1, 0.15) is 31.8 Å². The molecule has 0 saturated carbocycles. The van der Waals surface area contributed by atoms with Crippen LogP contribution in [0.4, 0.5) is 15.8 Å². The van der Waals surface area contributed by atoms with Gasteiger partial charge in [-0.1, -0.05) is 47.6 Å². The van der Waals surface area contributed by atoms with E-state index in [1.165, 1.54) is 30.0 Å². The molecule has 0 atom stereocenters. The lowest BCUT2D eigenvalue weighted by atomic mass is 10.1. The number of benzene rings is 3. The molecule has 0 unspecified atom stereocenters. The summed E-state index contributed by atoms with van der Waals surface area (Å²) in [6.45, 7) is 1.91. The average Bonchev–Trinajstić information content (AvgIpc) is 3.02. The highest BCUT2D eigenvalue weighted by molar-refractivity contribution is 7.99. The third-order valence-electron chi connectivity index (χ3n) is 5.76. The zero-order valence-electron chi connectivity index (χ0n) is 18.6. The van der Waals surface area contributed by atoms with E-state index in [-0.39, 0.29) is 22.1 Å². The fourth-order valence-corrected chi connectivity index (χ4v) is 5.18. The Bertz CT molecular complexity index is 1480. The molecular weight excluding hydrogens is 485 g/mol. The number of rotatable bonds is 3. The number of carbonyl (C=O) groups is 2. The van der Waals surface area contributed by atoms with Crippen LogP contribution in [0.3, 0.4) is 0 Å². The number of hydrogen-bond acceptors (Lipinski definition) is 4. The molecule has 1 aliphatic rings. The van der Waals surface area contributed by atoms with Gasteiger partial charge in [0.15, 0.2) is 0 Å². The van der Waals surface area contributed by atoms with Gasteiger partial charge in [-0.2, -0.15) is 0 Å². The Morgan fingerprint density at radius 2 is 1.86 bits per heavy atom. The normalized spacial score (nSPS) is 12.4. The Hall–Kier alpha value is -3.68. The zero-order valence-corrected chi connectivity index (χ0v) is 20.2. The van der Waals surface area contributed by atoms with Gasteiger partial charge in [-0.3, -0.25) is 9.59 Å². The number of amides is 2. The van der Waals surface area contributed by atoms with Gasteiger partial charge in [0.2, 0.25) is 0 Å². The summed E-state index contributed by atoms with van der Waals surface area (Å²) in [6, 6.07) is 20.6. The quantitative estimate of drug-likeness (QED) is 0.336. The summed E-state index contributed by atoms with van der Waals surface area (Å²) in [5.74, 6) is -1.19. The van der Waals surface area contributed by atoms with Crippen LogP contribution in [-0.2, 0) is 6.54 Å². The van der Waals surface area contributed by atoms with Crippen molar-refractivity contribution in [1.29, 1.82) is 0 Å². The van der Waals surface area contributed by atoms with Crippen LogP contribution >= 0.6 is 23.4 Å². The van der Waals surface area contributed by atoms with Crippen LogP contribution in [0.5, 0.6) is 0 Å². The lowest BCUT2D eigenvalue weighted by Gasteiger charge is -2.23. The molecule has 0 fully saturated rings. The molecule has 0 radical (unpaired) electrons. The van der Waals surface area contributed by atoms with Crippen molar-refractivity contribution < 1.29 is 14.0 Å². The van der Waals surface area contributed by atoms with E-state index >= 15 is 0 Å². The lowest BCUT2D eigenvalue weighted by molar-refractivity contribution is 0.0983. The number of carbonyl (C=O) groups excluding carboxylic acids is 2. The monoisotopic (exact) mass is 503 g/mol. The van der Waals surface area contributed by atoms with Gasteiger partial charge in [-0.05, 0) is 66.6 Å². The molecule has 4 aromatic rings. The molecule has 2 amide bonds. The molecule has 1 aromatic heterocycles. The Labute approximate surface area is 211 Å². The molecule has 8 heteroatoms. The number of fused-ring (bicyclic) bond motifs is 2. The number of hydrogen-bond donors (Lipinski definition) is 1. The first-order valence-corrected chi connectivity index (χ1v) is 12.0. The van der Waals surface area contributed by atoms with Crippen molar-refractivity contribution in [2.45, 2.75) is 23.4 Å². The highest BCUT2D eigenvalue weighted by atomic mass is 35.5. The van der Waals surface area contributed by atoms with Crippen LogP contribution in [0.25, 0.3) is 0 Å². The minimum atomic E-state index is -0.460. The fraction of sp³-hybridized carbons (Fsp3) is 0.0741. The van der Waals surface area contributed by atoms with E-state index in [1.807, 2.05) is 30.3 Å². The molecule has 3 aromatic carbocycles. The summed E-state index contributed by atoms with van der Waals surface area (Å²) in [5, 5.41) is 3.65. The highest BCUT2D eigenvalue weighted by Gasteiger charge is 2.27. The van der Waals surface area contributed by atoms with Crippen molar-refractivity contribution >= 4 is 46.6 Å². The van der Waals surface area contributed by atoms with Crippen molar-refractivity contribution in [3.8, 4) is 0 Å². The third-order valence-corrected chi connectivity index (χ3v) is 7.20. The van der Waals surface area contributed by atoms with Gasteiger partial charge in [0.1, 0.15) is 10.8 Å². The minimum absolute atomic E-state index is 0.194. The third kappa shape index (κ3) is 4.52. The topological polar surface area (TPSA) is 62.3 Å². The first-order valence-electron chi connectivity index (χ1n) is 10.8. The van der Waals surface area contributed by atoms with Crippen molar-refractivity contribution in [1.82, 2.24) is 4.98 Å². The van der Waals surface area contributed by atoms with Crippen molar-refractivity contribution in [3.05, 3.63) is 112 Å². The molecule has 0 spiro atoms. The molecule has 174 valence electrons. The number of anilines is 2. The van der Waals surface area contributed by atoms with E-state index in [0.29, 0.717) is 23.5 Å². The summed E-state index contributed by atoms with van der Waals surface area (Å²) in [5.41, 5.74) is 2.90. The molecule has 0 bridgehead atoms. The molecule has 1 N–H and O–H groups in total. The number of aromatic nitrogens is 1. The van der Waals surface area contributed by atoms with Gasteiger partial charge in [-0.15, -0.1) is 0 Å². The van der Waals surface area contributed by atoms with Gasteiger partial charge in [0.05, 0.1) is 22.8 Å². The number of nitrogens with one attached hydrogen (secondary N) is 1. The summed E-state index contributed by atoms with van der Waals surface area (Å²) in [4.78, 5) is 33.5. The van der Waals surface area contributed by atoms with E-state index in [4.69, 9.17) is 11.6 Å². The maximum Gasteiger partial charge on any atom is 0.260 e. The summed E-state index contributed by atoms with van der Waals surface area (Å²) < 4.78 is 13.8. The number of halogens is 2. The molecule has 5 rings (SSSR count). The molecule has 2 heterocycles. The number of nitrogens with zero attached hydrogens (tertiary/aromatic N) is 2. The molecular formula is C27H19ClFN3O2S. The summed E-state index contributed by atoms with van der Waals surface area (Å²) in [6.07, 6.45) is 1.70. The van der Waals surface area contributed by atoms with E-state index in [0.717, 1.165) is 15.5 Å². The summed E-state index contributed by atoms with van der Waals surface area (Å²) >= 11 is 8.04. The zero-order chi connectivity index (χ0) is 24.5. The lowest BCUT2D eigenvalue weighted by Crippen LogP contribution is -2.30. The fourth-order valence-electron chi connectivity index (χ4n) is 3.90. The molecule has 5 nitrogen and oxygen atoms in total. The largest absolute Gasteiger partial charge is 0.322 e.